The van der Waals surface area contributed by atoms with Crippen LogP contribution in [0.4, 0.5) is 0 Å². The third-order valence-corrected chi connectivity index (χ3v) is 4.21. The van der Waals surface area contributed by atoms with Gasteiger partial charge in [0, 0.05) is 0 Å². The van der Waals surface area contributed by atoms with Crippen molar-refractivity contribution in [1.29, 1.82) is 0 Å². The second-order valence-corrected chi connectivity index (χ2v) is 4.81. The Bertz CT molecular complexity index is 202. The van der Waals surface area contributed by atoms with Crippen molar-refractivity contribution in [3.05, 3.63) is 11.1 Å². The highest BCUT2D eigenvalue weighted by Gasteiger charge is 2.35. The van der Waals surface area contributed by atoms with Gasteiger partial charge in [-0.15, -0.1) is 0 Å². The summed E-state index contributed by atoms with van der Waals surface area (Å²) in [5, 5.41) is 0. The first-order chi connectivity index (χ1) is 5.95. The largest absolute Gasteiger partial charge is 0.0704 e. The maximum absolute atomic E-state index is 1.97. The molecule has 0 N–H and O–H groups in total. The summed E-state index contributed by atoms with van der Waals surface area (Å²) in [5.74, 6) is 2.11. The minimum Gasteiger partial charge on any atom is -0.0704 e. The summed E-state index contributed by atoms with van der Waals surface area (Å²) >= 11 is 0. The summed E-state index contributed by atoms with van der Waals surface area (Å²) in [7, 11) is 0. The van der Waals surface area contributed by atoms with E-state index >= 15 is 0 Å². The van der Waals surface area contributed by atoms with E-state index in [2.05, 4.69) is 0 Å². The predicted molar refractivity (Wildman–Crippen MR) is 50.9 cm³/mol. The van der Waals surface area contributed by atoms with Crippen LogP contribution in [0.1, 0.15) is 51.4 Å². The molecule has 3 aliphatic carbocycles. The van der Waals surface area contributed by atoms with E-state index in [1.165, 1.54) is 51.4 Å². The topological polar surface area (TPSA) is 0 Å². The fourth-order valence-electron chi connectivity index (χ4n) is 3.76. The number of allylic oxidation sites excluding steroid dienone is 2. The average Bonchev–Trinajstić information content (AvgIpc) is 2.52. The molecule has 0 aromatic rings. The molecule has 0 aromatic heterocycles. The molecule has 3 rings (SSSR count). The zero-order valence-electron chi connectivity index (χ0n) is 7.81. The summed E-state index contributed by atoms with van der Waals surface area (Å²) in [6.45, 7) is 0. The highest BCUT2D eigenvalue weighted by molar-refractivity contribution is 5.27. The first kappa shape index (κ1) is 7.17. The van der Waals surface area contributed by atoms with Crippen LogP contribution in [0.25, 0.3) is 0 Å². The molecule has 0 amide bonds. The monoisotopic (exact) mass is 162 g/mol. The maximum Gasteiger partial charge on any atom is -0.0197 e. The maximum atomic E-state index is 1.97. The van der Waals surface area contributed by atoms with Gasteiger partial charge in [0.25, 0.3) is 0 Å². The minimum absolute atomic E-state index is 1.05. The van der Waals surface area contributed by atoms with Crippen molar-refractivity contribution >= 4 is 0 Å². The van der Waals surface area contributed by atoms with Gasteiger partial charge in [0.2, 0.25) is 0 Å². The Morgan fingerprint density at radius 3 is 1.92 bits per heavy atom. The van der Waals surface area contributed by atoms with Crippen LogP contribution in [0, 0.1) is 11.8 Å². The standard InChI is InChI=1S/C12H18/c1-3-9-4-2-6-11-8-7-10(5-1)12(9)11/h10-11H,1-8H2. The number of hydrogen-bond donors (Lipinski definition) is 0. The van der Waals surface area contributed by atoms with E-state index in [1.54, 1.807) is 0 Å². The van der Waals surface area contributed by atoms with Crippen LogP contribution in [0.5, 0.6) is 0 Å². The molecular formula is C12H18. The van der Waals surface area contributed by atoms with Crippen molar-refractivity contribution in [3.63, 3.8) is 0 Å². The SMILES string of the molecule is C1CC2=C3C(C1)CCC3CCC2. The molecule has 0 aromatic carbocycles. The molecule has 3 aliphatic rings. The molecule has 0 heterocycles. The van der Waals surface area contributed by atoms with Crippen molar-refractivity contribution in [3.8, 4) is 0 Å². The number of hydrogen-bond acceptors (Lipinski definition) is 0. The molecule has 0 saturated heterocycles. The van der Waals surface area contributed by atoms with E-state index in [9.17, 15) is 0 Å². The highest BCUT2D eigenvalue weighted by atomic mass is 14.4. The third-order valence-electron chi connectivity index (χ3n) is 4.21. The zero-order valence-corrected chi connectivity index (χ0v) is 7.81. The van der Waals surface area contributed by atoms with Crippen LogP contribution in [0.2, 0.25) is 0 Å². The lowest BCUT2D eigenvalue weighted by atomic mass is 9.75. The molecule has 1 fully saturated rings. The van der Waals surface area contributed by atoms with Gasteiger partial charge in [-0.3, -0.25) is 0 Å². The molecule has 0 radical (unpaired) electrons. The van der Waals surface area contributed by atoms with Crippen molar-refractivity contribution < 1.29 is 0 Å². The molecule has 0 nitrogen and oxygen atoms in total. The van der Waals surface area contributed by atoms with Crippen LogP contribution < -0.4 is 0 Å². The molecular weight excluding hydrogens is 144 g/mol. The fourth-order valence-corrected chi connectivity index (χ4v) is 3.76. The third kappa shape index (κ3) is 0.901. The average molecular weight is 162 g/mol. The van der Waals surface area contributed by atoms with Crippen LogP contribution in [0.15, 0.2) is 11.1 Å². The van der Waals surface area contributed by atoms with Crippen molar-refractivity contribution in [1.82, 2.24) is 0 Å². The second kappa shape index (κ2) is 2.61. The minimum atomic E-state index is 1.05. The molecule has 0 bridgehead atoms. The van der Waals surface area contributed by atoms with Crippen LogP contribution in [-0.2, 0) is 0 Å². The van der Waals surface area contributed by atoms with E-state index in [0.29, 0.717) is 0 Å². The van der Waals surface area contributed by atoms with Gasteiger partial charge in [-0.2, -0.15) is 0 Å². The lowest BCUT2D eigenvalue weighted by Crippen LogP contribution is -2.15. The highest BCUT2D eigenvalue weighted by Crippen LogP contribution is 2.50. The van der Waals surface area contributed by atoms with Gasteiger partial charge in [-0.25, -0.2) is 0 Å². The van der Waals surface area contributed by atoms with E-state index < -0.39 is 0 Å². The van der Waals surface area contributed by atoms with Gasteiger partial charge in [0.15, 0.2) is 0 Å². The Balaban J connectivity index is 2.02. The molecule has 0 heteroatoms. The van der Waals surface area contributed by atoms with Crippen molar-refractivity contribution in [2.45, 2.75) is 51.4 Å². The molecule has 0 aliphatic heterocycles. The van der Waals surface area contributed by atoms with Crippen molar-refractivity contribution in [2.75, 3.05) is 0 Å². The molecule has 0 spiro atoms. The van der Waals surface area contributed by atoms with E-state index in [0.717, 1.165) is 11.8 Å². The molecule has 2 atom stereocenters. The molecule has 2 unspecified atom stereocenters. The molecule has 12 heavy (non-hydrogen) atoms. The van der Waals surface area contributed by atoms with Gasteiger partial charge in [-0.1, -0.05) is 11.1 Å². The van der Waals surface area contributed by atoms with Crippen LogP contribution in [0.3, 0.4) is 0 Å². The van der Waals surface area contributed by atoms with Crippen LogP contribution in [-0.4, -0.2) is 0 Å². The van der Waals surface area contributed by atoms with Gasteiger partial charge >= 0.3 is 0 Å². The van der Waals surface area contributed by atoms with E-state index in [-0.39, 0.29) is 0 Å². The summed E-state index contributed by atoms with van der Waals surface area (Å²) in [5.41, 5.74) is 3.87. The van der Waals surface area contributed by atoms with Gasteiger partial charge in [-0.05, 0) is 63.2 Å². The predicted octanol–water partition coefficient (Wildman–Crippen LogP) is 3.68. The normalized spacial score (nSPS) is 40.0. The van der Waals surface area contributed by atoms with Crippen LogP contribution >= 0.6 is 0 Å². The Morgan fingerprint density at radius 2 is 1.33 bits per heavy atom. The van der Waals surface area contributed by atoms with E-state index in [1.807, 2.05) is 11.1 Å². The summed E-state index contributed by atoms with van der Waals surface area (Å²) in [6, 6.07) is 0. The first-order valence-electron chi connectivity index (χ1n) is 5.67. The second-order valence-electron chi connectivity index (χ2n) is 4.81. The number of rotatable bonds is 0. The molecule has 66 valence electrons. The summed E-state index contributed by atoms with van der Waals surface area (Å²) < 4.78 is 0. The summed E-state index contributed by atoms with van der Waals surface area (Å²) in [4.78, 5) is 0. The lowest BCUT2D eigenvalue weighted by Gasteiger charge is -2.30. The van der Waals surface area contributed by atoms with Gasteiger partial charge < -0.3 is 0 Å². The summed E-state index contributed by atoms with van der Waals surface area (Å²) in [6.07, 6.45) is 12.0. The smallest absolute Gasteiger partial charge is 0.0197 e. The Morgan fingerprint density at radius 1 is 0.750 bits per heavy atom. The zero-order chi connectivity index (χ0) is 7.97. The Kier molecular flexibility index (Phi) is 1.56. The Labute approximate surface area is 75.0 Å². The Hall–Kier alpha value is -0.260. The van der Waals surface area contributed by atoms with Crippen molar-refractivity contribution in [2.24, 2.45) is 11.8 Å². The quantitative estimate of drug-likeness (QED) is 0.477. The van der Waals surface area contributed by atoms with Gasteiger partial charge in [0.05, 0.1) is 0 Å². The fraction of sp³-hybridized carbons (Fsp3) is 0.833. The first-order valence-corrected chi connectivity index (χ1v) is 5.67. The van der Waals surface area contributed by atoms with Gasteiger partial charge in [0.1, 0.15) is 0 Å². The molecule has 1 saturated carbocycles. The lowest BCUT2D eigenvalue weighted by molar-refractivity contribution is 0.458. The van der Waals surface area contributed by atoms with E-state index in [4.69, 9.17) is 0 Å².